The zero-order valence-corrected chi connectivity index (χ0v) is 20.2. The van der Waals surface area contributed by atoms with Crippen LogP contribution in [-0.2, 0) is 15.8 Å². The van der Waals surface area contributed by atoms with Crippen LogP contribution in [0, 0.1) is 6.92 Å². The number of nitrogens with one attached hydrogen (secondary N) is 2. The minimum Gasteiger partial charge on any atom is -0.322 e. The van der Waals surface area contributed by atoms with Crippen LogP contribution in [-0.4, -0.2) is 14.3 Å². The molecule has 4 rings (SSSR count). The van der Waals surface area contributed by atoms with Gasteiger partial charge in [-0.25, -0.2) is 8.42 Å². The number of rotatable bonds is 8. The lowest BCUT2D eigenvalue weighted by Crippen LogP contribution is -2.15. The van der Waals surface area contributed by atoms with E-state index in [-0.39, 0.29) is 10.8 Å². The third kappa shape index (κ3) is 5.87. The third-order valence-electron chi connectivity index (χ3n) is 5.18. The van der Waals surface area contributed by atoms with Crippen molar-refractivity contribution in [2.24, 2.45) is 0 Å². The summed E-state index contributed by atoms with van der Waals surface area (Å²) in [5, 5.41) is 2.87. The molecule has 0 saturated carbocycles. The average Bonchev–Trinajstić information content (AvgIpc) is 2.85. The van der Waals surface area contributed by atoms with Gasteiger partial charge in [0.1, 0.15) is 0 Å². The molecule has 0 atom stereocenters. The SMILES string of the molecule is Cc1ccccc1NS(=O)(=O)c1ccc(NC(=O)c2ccccc2SCc2ccccc2)cc1. The predicted octanol–water partition coefficient (Wildman–Crippen LogP) is 6.34. The van der Waals surface area contributed by atoms with Crippen LogP contribution < -0.4 is 10.0 Å². The number of anilines is 2. The second kappa shape index (κ2) is 10.6. The van der Waals surface area contributed by atoms with Crippen molar-refractivity contribution in [2.75, 3.05) is 10.0 Å². The van der Waals surface area contributed by atoms with Gasteiger partial charge < -0.3 is 5.32 Å². The number of aryl methyl sites for hydroxylation is 1. The summed E-state index contributed by atoms with van der Waals surface area (Å²) in [6.45, 7) is 1.84. The molecule has 1 amide bonds. The van der Waals surface area contributed by atoms with E-state index in [2.05, 4.69) is 22.2 Å². The van der Waals surface area contributed by atoms with Crippen molar-refractivity contribution >= 4 is 39.1 Å². The Kier molecular flexibility index (Phi) is 7.35. The van der Waals surface area contributed by atoms with E-state index >= 15 is 0 Å². The Morgan fingerprint density at radius 2 is 1.44 bits per heavy atom. The molecule has 0 aliphatic carbocycles. The molecule has 2 N–H and O–H groups in total. The smallest absolute Gasteiger partial charge is 0.261 e. The molecule has 34 heavy (non-hydrogen) atoms. The summed E-state index contributed by atoms with van der Waals surface area (Å²) < 4.78 is 28.1. The van der Waals surface area contributed by atoms with Crippen LogP contribution in [0.5, 0.6) is 0 Å². The normalized spacial score (nSPS) is 11.1. The van der Waals surface area contributed by atoms with Crippen molar-refractivity contribution in [1.82, 2.24) is 0 Å². The minimum atomic E-state index is -3.74. The maximum atomic E-state index is 13.0. The zero-order valence-electron chi connectivity index (χ0n) is 18.6. The number of para-hydroxylation sites is 1. The van der Waals surface area contributed by atoms with Crippen LogP contribution >= 0.6 is 11.8 Å². The van der Waals surface area contributed by atoms with Crippen molar-refractivity contribution in [2.45, 2.75) is 22.5 Å². The molecule has 4 aromatic rings. The lowest BCUT2D eigenvalue weighted by molar-refractivity contribution is 0.102. The van der Waals surface area contributed by atoms with Crippen molar-refractivity contribution in [3.05, 3.63) is 120 Å². The Bertz CT molecular complexity index is 1390. The van der Waals surface area contributed by atoms with Gasteiger partial charge in [-0.3, -0.25) is 9.52 Å². The van der Waals surface area contributed by atoms with Crippen molar-refractivity contribution in [1.29, 1.82) is 0 Å². The van der Waals surface area contributed by atoms with Crippen LogP contribution in [0.15, 0.2) is 113 Å². The molecule has 0 heterocycles. The number of thioether (sulfide) groups is 1. The second-order valence-electron chi connectivity index (χ2n) is 7.67. The van der Waals surface area contributed by atoms with E-state index in [9.17, 15) is 13.2 Å². The van der Waals surface area contributed by atoms with Crippen LogP contribution in [0.4, 0.5) is 11.4 Å². The summed E-state index contributed by atoms with van der Waals surface area (Å²) in [4.78, 5) is 13.9. The van der Waals surface area contributed by atoms with Gasteiger partial charge in [0.15, 0.2) is 0 Å². The quantitative estimate of drug-likeness (QED) is 0.284. The molecule has 0 aliphatic rings. The van der Waals surface area contributed by atoms with Crippen LogP contribution in [0.25, 0.3) is 0 Å². The highest BCUT2D eigenvalue weighted by Gasteiger charge is 2.16. The highest BCUT2D eigenvalue weighted by molar-refractivity contribution is 7.98. The number of carbonyl (C=O) groups excluding carboxylic acids is 1. The largest absolute Gasteiger partial charge is 0.322 e. The van der Waals surface area contributed by atoms with Gasteiger partial charge in [0.2, 0.25) is 0 Å². The fourth-order valence-corrected chi connectivity index (χ4v) is 5.46. The van der Waals surface area contributed by atoms with E-state index in [0.29, 0.717) is 16.9 Å². The Balaban J connectivity index is 1.45. The van der Waals surface area contributed by atoms with Crippen LogP contribution in [0.3, 0.4) is 0 Å². The van der Waals surface area contributed by atoms with Crippen LogP contribution in [0.1, 0.15) is 21.5 Å². The minimum absolute atomic E-state index is 0.118. The lowest BCUT2D eigenvalue weighted by atomic mass is 10.2. The molecule has 0 saturated heterocycles. The van der Waals surface area contributed by atoms with E-state index in [4.69, 9.17) is 0 Å². The molecule has 0 unspecified atom stereocenters. The van der Waals surface area contributed by atoms with Gasteiger partial charge in [0.05, 0.1) is 16.1 Å². The first-order chi connectivity index (χ1) is 16.4. The molecule has 7 heteroatoms. The van der Waals surface area contributed by atoms with Gasteiger partial charge >= 0.3 is 0 Å². The van der Waals surface area contributed by atoms with Crippen molar-refractivity contribution < 1.29 is 13.2 Å². The van der Waals surface area contributed by atoms with Gasteiger partial charge in [-0.1, -0.05) is 60.7 Å². The topological polar surface area (TPSA) is 75.3 Å². The second-order valence-corrected chi connectivity index (χ2v) is 10.4. The summed E-state index contributed by atoms with van der Waals surface area (Å²) >= 11 is 1.60. The number of amides is 1. The van der Waals surface area contributed by atoms with Gasteiger partial charge in [0, 0.05) is 16.3 Å². The zero-order chi connectivity index (χ0) is 24.0. The van der Waals surface area contributed by atoms with Gasteiger partial charge in [0.25, 0.3) is 15.9 Å². The Hall–Kier alpha value is -3.55. The number of hydrogen-bond donors (Lipinski definition) is 2. The van der Waals surface area contributed by atoms with E-state index in [0.717, 1.165) is 16.2 Å². The maximum Gasteiger partial charge on any atom is 0.261 e. The molecule has 0 aromatic heterocycles. The molecular formula is C27H24N2O3S2. The Labute approximate surface area is 204 Å². The predicted molar refractivity (Wildman–Crippen MR) is 139 cm³/mol. The number of benzene rings is 4. The van der Waals surface area contributed by atoms with Gasteiger partial charge in [-0.2, -0.15) is 0 Å². The standard InChI is InChI=1S/C27H24N2O3S2/c1-20-9-5-7-13-25(20)29-34(31,32)23-17-15-22(16-18-23)28-27(30)24-12-6-8-14-26(24)33-19-21-10-3-2-4-11-21/h2-18,29H,19H2,1H3,(H,28,30). The lowest BCUT2D eigenvalue weighted by Gasteiger charge is -2.12. The summed E-state index contributed by atoms with van der Waals surface area (Å²) in [7, 11) is -3.74. The van der Waals surface area contributed by atoms with Gasteiger partial charge in [-0.05, 0) is 60.5 Å². The third-order valence-corrected chi connectivity index (χ3v) is 7.71. The average molecular weight is 489 g/mol. The number of hydrogen-bond acceptors (Lipinski definition) is 4. The van der Waals surface area contributed by atoms with Crippen molar-refractivity contribution in [3.8, 4) is 0 Å². The molecule has 0 fully saturated rings. The number of sulfonamides is 1. The van der Waals surface area contributed by atoms with Crippen molar-refractivity contribution in [3.63, 3.8) is 0 Å². The fraction of sp³-hybridized carbons (Fsp3) is 0.0741. The van der Waals surface area contributed by atoms with E-state index < -0.39 is 10.0 Å². The Morgan fingerprint density at radius 1 is 0.794 bits per heavy atom. The molecule has 0 aliphatic heterocycles. The monoisotopic (exact) mass is 488 g/mol. The highest BCUT2D eigenvalue weighted by atomic mass is 32.2. The van der Waals surface area contributed by atoms with Crippen LogP contribution in [0.2, 0.25) is 0 Å². The van der Waals surface area contributed by atoms with Gasteiger partial charge in [-0.15, -0.1) is 11.8 Å². The summed E-state index contributed by atoms with van der Waals surface area (Å²) in [5.41, 5.74) is 3.63. The van der Waals surface area contributed by atoms with E-state index in [1.807, 2.05) is 55.5 Å². The molecular weight excluding hydrogens is 464 g/mol. The molecule has 172 valence electrons. The molecule has 0 spiro atoms. The first-order valence-corrected chi connectivity index (χ1v) is 13.1. The molecule has 4 aromatic carbocycles. The number of carbonyl (C=O) groups is 1. The molecule has 5 nitrogen and oxygen atoms in total. The van der Waals surface area contributed by atoms with E-state index in [1.54, 1.807) is 42.1 Å². The highest BCUT2D eigenvalue weighted by Crippen LogP contribution is 2.27. The molecule has 0 radical (unpaired) electrons. The fourth-order valence-electron chi connectivity index (χ4n) is 3.32. The summed E-state index contributed by atoms with van der Waals surface area (Å²) in [6, 6.07) is 30.8. The summed E-state index contributed by atoms with van der Waals surface area (Å²) in [5.74, 6) is 0.510. The maximum absolute atomic E-state index is 13.0. The Morgan fingerprint density at radius 3 is 2.18 bits per heavy atom. The molecule has 0 bridgehead atoms. The summed E-state index contributed by atoms with van der Waals surface area (Å²) in [6.07, 6.45) is 0. The first-order valence-electron chi connectivity index (χ1n) is 10.7. The first kappa shape index (κ1) is 23.6. The van der Waals surface area contributed by atoms with E-state index in [1.165, 1.54) is 17.7 Å².